The predicted molar refractivity (Wildman–Crippen MR) is 140 cm³/mol. The summed E-state index contributed by atoms with van der Waals surface area (Å²) >= 11 is 0. The number of nitrogens with two attached hydrogens (primary N) is 1. The van der Waals surface area contributed by atoms with Crippen molar-refractivity contribution in [2.24, 2.45) is 5.14 Å². The number of primary sulfonamides is 1. The molecular weight excluding hydrogens is 528 g/mol. The molecule has 1 aliphatic rings. The highest BCUT2D eigenvalue weighted by Crippen LogP contribution is 2.29. The van der Waals surface area contributed by atoms with Crippen LogP contribution >= 0.6 is 0 Å². The fourth-order valence-electron chi connectivity index (χ4n) is 4.25. The number of carbonyl (C=O) groups excluding carboxylic acids is 3. The predicted octanol–water partition coefficient (Wildman–Crippen LogP) is 2.27. The Balaban J connectivity index is 1.63. The van der Waals surface area contributed by atoms with Gasteiger partial charge in [0.1, 0.15) is 11.8 Å². The molecule has 1 saturated heterocycles. The van der Waals surface area contributed by atoms with E-state index in [1.807, 2.05) is 0 Å². The summed E-state index contributed by atoms with van der Waals surface area (Å²) in [5.74, 6) is -1.13. The third-order valence-electron chi connectivity index (χ3n) is 6.31. The van der Waals surface area contributed by atoms with Crippen LogP contribution in [0.5, 0.6) is 5.75 Å². The maximum atomic E-state index is 13.6. The Morgan fingerprint density at radius 1 is 1.05 bits per heavy atom. The maximum Gasteiger partial charge on any atom is 0.269 e. The summed E-state index contributed by atoms with van der Waals surface area (Å²) in [4.78, 5) is 52.6. The highest BCUT2D eigenvalue weighted by molar-refractivity contribution is 7.89. The molecule has 0 bridgehead atoms. The molecule has 0 radical (unpaired) electrons. The van der Waals surface area contributed by atoms with E-state index in [2.05, 4.69) is 0 Å². The zero-order chi connectivity index (χ0) is 28.3. The lowest BCUT2D eigenvalue weighted by Gasteiger charge is -2.28. The molecule has 3 aromatic carbocycles. The second-order valence-corrected chi connectivity index (χ2v) is 10.3. The average Bonchev–Trinajstić information content (AvgIpc) is 3.21. The van der Waals surface area contributed by atoms with Crippen molar-refractivity contribution in [3.63, 3.8) is 0 Å². The van der Waals surface area contributed by atoms with E-state index < -0.39 is 38.7 Å². The number of ether oxygens (including phenoxy) is 1. The number of imide groups is 1. The van der Waals surface area contributed by atoms with Crippen molar-refractivity contribution in [3.05, 3.63) is 94.0 Å². The first-order valence-corrected chi connectivity index (χ1v) is 13.2. The third-order valence-corrected chi connectivity index (χ3v) is 7.24. The van der Waals surface area contributed by atoms with Gasteiger partial charge in [0.2, 0.25) is 15.9 Å². The van der Waals surface area contributed by atoms with Gasteiger partial charge in [-0.1, -0.05) is 12.1 Å². The van der Waals surface area contributed by atoms with Crippen molar-refractivity contribution in [3.8, 4) is 5.75 Å². The van der Waals surface area contributed by atoms with Crippen LogP contribution < -0.4 is 14.8 Å². The minimum Gasteiger partial charge on any atom is -0.497 e. The van der Waals surface area contributed by atoms with Crippen LogP contribution in [0, 0.1) is 10.1 Å². The molecule has 0 saturated carbocycles. The van der Waals surface area contributed by atoms with E-state index in [4.69, 9.17) is 9.88 Å². The van der Waals surface area contributed by atoms with Gasteiger partial charge in [0.05, 0.1) is 29.0 Å². The molecule has 4 rings (SSSR count). The number of anilines is 1. The molecule has 2 N–H and O–H groups in total. The lowest BCUT2D eigenvalue weighted by Crippen LogP contribution is -2.46. The molecule has 0 spiro atoms. The van der Waals surface area contributed by atoms with Gasteiger partial charge in [0, 0.05) is 24.2 Å². The normalized spacial score (nSPS) is 15.3. The van der Waals surface area contributed by atoms with Crippen LogP contribution in [0.1, 0.15) is 22.3 Å². The van der Waals surface area contributed by atoms with Gasteiger partial charge in [0.25, 0.3) is 17.5 Å². The van der Waals surface area contributed by atoms with E-state index in [0.717, 1.165) is 4.90 Å². The zero-order valence-corrected chi connectivity index (χ0v) is 21.5. The second-order valence-electron chi connectivity index (χ2n) is 8.73. The Labute approximate surface area is 223 Å². The van der Waals surface area contributed by atoms with Crippen LogP contribution in [0.2, 0.25) is 0 Å². The summed E-state index contributed by atoms with van der Waals surface area (Å²) in [6, 6.07) is 15.9. The molecule has 3 amide bonds. The van der Waals surface area contributed by atoms with E-state index in [-0.39, 0.29) is 35.5 Å². The minimum absolute atomic E-state index is 0.00464. The molecule has 13 heteroatoms. The maximum absolute atomic E-state index is 13.6. The fraction of sp³-hybridized carbons (Fsp3) is 0.192. The van der Waals surface area contributed by atoms with Crippen LogP contribution in [0.3, 0.4) is 0 Å². The number of hydrogen-bond acceptors (Lipinski definition) is 8. The highest BCUT2D eigenvalue weighted by Gasteiger charge is 2.44. The molecular formula is C26H24N4O8S. The first-order valence-electron chi connectivity index (χ1n) is 11.7. The molecule has 1 atom stereocenters. The van der Waals surface area contributed by atoms with Crippen molar-refractivity contribution in [1.82, 2.24) is 4.90 Å². The smallest absolute Gasteiger partial charge is 0.269 e. The number of methoxy groups -OCH3 is 1. The van der Waals surface area contributed by atoms with E-state index in [0.29, 0.717) is 17.0 Å². The van der Waals surface area contributed by atoms with Crippen molar-refractivity contribution < 1.29 is 32.5 Å². The number of nitro groups is 1. The van der Waals surface area contributed by atoms with Crippen LogP contribution in [-0.2, 0) is 26.0 Å². The van der Waals surface area contributed by atoms with Gasteiger partial charge in [-0.2, -0.15) is 0 Å². The number of benzene rings is 3. The molecule has 1 unspecified atom stereocenters. The Bertz CT molecular complexity index is 1520. The van der Waals surface area contributed by atoms with Gasteiger partial charge in [-0.15, -0.1) is 0 Å². The quantitative estimate of drug-likeness (QED) is 0.239. The average molecular weight is 553 g/mol. The van der Waals surface area contributed by atoms with Gasteiger partial charge >= 0.3 is 0 Å². The summed E-state index contributed by atoms with van der Waals surface area (Å²) in [5.41, 5.74) is 0.890. The summed E-state index contributed by atoms with van der Waals surface area (Å²) in [6.45, 7) is 0.00464. The second kappa shape index (κ2) is 11.0. The highest BCUT2D eigenvalue weighted by atomic mass is 32.2. The molecule has 0 aromatic heterocycles. The minimum atomic E-state index is -3.88. The Hall–Kier alpha value is -4.62. The van der Waals surface area contributed by atoms with Crippen LogP contribution in [0.25, 0.3) is 0 Å². The van der Waals surface area contributed by atoms with Crippen LogP contribution in [0.15, 0.2) is 77.7 Å². The lowest BCUT2D eigenvalue weighted by molar-refractivity contribution is -0.384. The van der Waals surface area contributed by atoms with Gasteiger partial charge < -0.3 is 9.64 Å². The van der Waals surface area contributed by atoms with E-state index in [9.17, 15) is 32.9 Å². The monoisotopic (exact) mass is 552 g/mol. The Morgan fingerprint density at radius 2 is 1.67 bits per heavy atom. The van der Waals surface area contributed by atoms with Crippen molar-refractivity contribution in [2.75, 3.05) is 18.6 Å². The molecule has 3 aromatic rings. The Kier molecular flexibility index (Phi) is 7.74. The van der Waals surface area contributed by atoms with Crippen LogP contribution in [-0.4, -0.2) is 55.7 Å². The molecule has 202 valence electrons. The number of hydrogen-bond donors (Lipinski definition) is 1. The fourth-order valence-corrected chi connectivity index (χ4v) is 4.76. The van der Waals surface area contributed by atoms with Crippen molar-refractivity contribution in [1.29, 1.82) is 0 Å². The first-order chi connectivity index (χ1) is 18.5. The first kappa shape index (κ1) is 27.4. The topological polar surface area (TPSA) is 170 Å². The van der Waals surface area contributed by atoms with Gasteiger partial charge in [-0.25, -0.2) is 18.5 Å². The van der Waals surface area contributed by atoms with E-state index in [1.165, 1.54) is 48.4 Å². The molecule has 39 heavy (non-hydrogen) atoms. The van der Waals surface area contributed by atoms with Crippen molar-refractivity contribution >= 4 is 39.1 Å². The number of nitrogens with zero attached hydrogens (tertiary/aromatic N) is 3. The number of sulfonamides is 1. The van der Waals surface area contributed by atoms with E-state index >= 15 is 0 Å². The summed E-state index contributed by atoms with van der Waals surface area (Å²) in [6.07, 6.45) is -0.0297. The SMILES string of the molecule is COc1ccc(N2C(=O)CC(N(CCc3ccc(S(N)(=O)=O)cc3)C(=O)c3ccc([N+](=O)[O-])cc3)C2=O)cc1. The van der Waals surface area contributed by atoms with Crippen molar-refractivity contribution in [2.45, 2.75) is 23.8 Å². The number of carbonyl (C=O) groups is 3. The largest absolute Gasteiger partial charge is 0.497 e. The molecule has 1 aliphatic heterocycles. The summed E-state index contributed by atoms with van der Waals surface area (Å²) in [5, 5.41) is 16.2. The molecule has 0 aliphatic carbocycles. The third kappa shape index (κ3) is 5.94. The van der Waals surface area contributed by atoms with Gasteiger partial charge in [-0.05, 0) is 60.5 Å². The van der Waals surface area contributed by atoms with Gasteiger partial charge in [0.15, 0.2) is 0 Å². The van der Waals surface area contributed by atoms with Gasteiger partial charge in [-0.3, -0.25) is 24.5 Å². The summed E-state index contributed by atoms with van der Waals surface area (Å²) < 4.78 is 28.2. The standard InChI is InChI=1S/C26H24N4O8S/c1-38-21-10-8-19(9-11-21)29-24(31)16-23(26(29)33)28(25(32)18-4-6-20(7-5-18)30(34)35)15-14-17-2-12-22(13-3-17)39(27,36)37/h2-13,23H,14-16H2,1H3,(H2,27,36,37). The molecule has 1 fully saturated rings. The molecule has 12 nitrogen and oxygen atoms in total. The Morgan fingerprint density at radius 3 is 2.21 bits per heavy atom. The number of nitro benzene ring substituents is 1. The number of non-ortho nitro benzene ring substituents is 1. The summed E-state index contributed by atoms with van der Waals surface area (Å²) in [7, 11) is -2.39. The number of rotatable bonds is 9. The number of amides is 3. The lowest BCUT2D eigenvalue weighted by atomic mass is 10.1. The zero-order valence-electron chi connectivity index (χ0n) is 20.7. The van der Waals surface area contributed by atoms with Crippen LogP contribution in [0.4, 0.5) is 11.4 Å². The van der Waals surface area contributed by atoms with E-state index in [1.54, 1.807) is 36.4 Å². The molecule has 1 heterocycles.